The smallest absolute Gasteiger partial charge is 0.419 e. The highest BCUT2D eigenvalue weighted by Gasteiger charge is 2.35. The van der Waals surface area contributed by atoms with E-state index < -0.39 is 11.7 Å². The van der Waals surface area contributed by atoms with Gasteiger partial charge in [-0.25, -0.2) is 0 Å². The maximum atomic E-state index is 13.1. The van der Waals surface area contributed by atoms with Crippen molar-refractivity contribution in [3.8, 4) is 11.5 Å². The Labute approximate surface area is 125 Å². The molecule has 0 saturated carbocycles. The number of benzene rings is 2. The van der Waals surface area contributed by atoms with E-state index in [1.165, 1.54) is 12.1 Å². The fourth-order valence-corrected chi connectivity index (χ4v) is 2.03. The van der Waals surface area contributed by atoms with Gasteiger partial charge in [-0.15, -0.1) is 0 Å². The van der Waals surface area contributed by atoms with Gasteiger partial charge in [-0.2, -0.15) is 13.2 Å². The Hall–Kier alpha value is -1.72. The zero-order chi connectivity index (χ0) is 15.5. The van der Waals surface area contributed by atoms with Crippen molar-refractivity contribution in [2.45, 2.75) is 12.6 Å². The van der Waals surface area contributed by atoms with Gasteiger partial charge in [0.2, 0.25) is 0 Å². The van der Waals surface area contributed by atoms with E-state index in [1.807, 2.05) is 0 Å². The summed E-state index contributed by atoms with van der Waals surface area (Å²) < 4.78 is 44.7. The fraction of sp³-hybridized carbons (Fsp3) is 0.200. The van der Waals surface area contributed by atoms with Crippen LogP contribution in [0.3, 0.4) is 0 Å². The van der Waals surface area contributed by atoms with Gasteiger partial charge in [0.15, 0.2) is 0 Å². The first-order valence-corrected chi connectivity index (χ1v) is 6.62. The summed E-state index contributed by atoms with van der Waals surface area (Å²) in [6.07, 6.45) is -4.14. The van der Waals surface area contributed by atoms with Crippen LogP contribution < -0.4 is 10.5 Å². The van der Waals surface area contributed by atoms with Crippen LogP contribution in [0.4, 0.5) is 13.2 Å². The van der Waals surface area contributed by atoms with E-state index in [4.69, 9.17) is 22.1 Å². The predicted octanol–water partition coefficient (Wildman–Crippen LogP) is 4.65. The lowest BCUT2D eigenvalue weighted by atomic mass is 10.1. The third-order valence-electron chi connectivity index (χ3n) is 2.84. The first-order chi connectivity index (χ1) is 9.91. The molecular formula is C15H13ClF3NO. The van der Waals surface area contributed by atoms with E-state index in [9.17, 15) is 13.2 Å². The highest BCUT2D eigenvalue weighted by atomic mass is 35.5. The standard InChI is InChI=1S/C15H13ClF3NO/c16-12-3-1-2-4-14(12)21-13-6-5-10(7-8-20)9-11(13)15(17,18)19/h1-6,9H,7-8,20H2. The summed E-state index contributed by atoms with van der Waals surface area (Å²) in [6, 6.07) is 10.3. The number of para-hydroxylation sites is 1. The molecule has 0 unspecified atom stereocenters. The summed E-state index contributed by atoms with van der Waals surface area (Å²) in [6.45, 7) is 0.280. The summed E-state index contributed by atoms with van der Waals surface area (Å²) in [5.74, 6) is -0.104. The second kappa shape index (κ2) is 6.37. The minimum Gasteiger partial charge on any atom is -0.455 e. The zero-order valence-corrected chi connectivity index (χ0v) is 11.7. The molecular weight excluding hydrogens is 303 g/mol. The molecule has 0 aliphatic carbocycles. The number of hydrogen-bond donors (Lipinski definition) is 1. The predicted molar refractivity (Wildman–Crippen MR) is 75.7 cm³/mol. The third-order valence-corrected chi connectivity index (χ3v) is 3.15. The molecule has 2 aromatic rings. The molecule has 0 aliphatic heterocycles. The summed E-state index contributed by atoms with van der Waals surface area (Å²) in [4.78, 5) is 0. The Bertz CT molecular complexity index is 629. The minimum atomic E-state index is -4.51. The Balaban J connectivity index is 2.41. The molecule has 0 atom stereocenters. The average molecular weight is 316 g/mol. The van der Waals surface area contributed by atoms with Gasteiger partial charge in [-0.05, 0) is 42.8 Å². The SMILES string of the molecule is NCCc1ccc(Oc2ccccc2Cl)c(C(F)(F)F)c1. The molecule has 0 aliphatic rings. The molecule has 21 heavy (non-hydrogen) atoms. The first-order valence-electron chi connectivity index (χ1n) is 6.24. The van der Waals surface area contributed by atoms with E-state index in [1.54, 1.807) is 24.3 Å². The second-order valence-electron chi connectivity index (χ2n) is 4.40. The van der Waals surface area contributed by atoms with Crippen LogP contribution >= 0.6 is 11.6 Å². The summed E-state index contributed by atoms with van der Waals surface area (Å²) >= 11 is 5.90. The van der Waals surface area contributed by atoms with Crippen molar-refractivity contribution in [1.82, 2.24) is 0 Å². The number of halogens is 4. The quantitative estimate of drug-likeness (QED) is 0.891. The molecule has 0 aromatic heterocycles. The Morgan fingerprint density at radius 3 is 2.38 bits per heavy atom. The highest BCUT2D eigenvalue weighted by Crippen LogP contribution is 2.40. The van der Waals surface area contributed by atoms with Gasteiger partial charge in [0.1, 0.15) is 11.5 Å². The van der Waals surface area contributed by atoms with Crippen LogP contribution in [0, 0.1) is 0 Å². The molecule has 0 heterocycles. The summed E-state index contributed by atoms with van der Waals surface area (Å²) in [5.41, 5.74) is 5.04. The van der Waals surface area contributed by atoms with Gasteiger partial charge in [-0.1, -0.05) is 29.8 Å². The molecule has 2 rings (SSSR count). The van der Waals surface area contributed by atoms with E-state index in [2.05, 4.69) is 0 Å². The van der Waals surface area contributed by atoms with Gasteiger partial charge < -0.3 is 10.5 Å². The van der Waals surface area contributed by atoms with Gasteiger partial charge in [0.05, 0.1) is 10.6 Å². The highest BCUT2D eigenvalue weighted by molar-refractivity contribution is 6.32. The molecule has 112 valence electrons. The van der Waals surface area contributed by atoms with Gasteiger partial charge >= 0.3 is 6.18 Å². The first kappa shape index (κ1) is 15.7. The van der Waals surface area contributed by atoms with Crippen LogP contribution in [0.25, 0.3) is 0 Å². The molecule has 0 saturated heterocycles. The van der Waals surface area contributed by atoms with Crippen LogP contribution in [0.5, 0.6) is 11.5 Å². The lowest BCUT2D eigenvalue weighted by Crippen LogP contribution is -2.09. The minimum absolute atomic E-state index is 0.177. The number of nitrogens with two attached hydrogens (primary N) is 1. The van der Waals surface area contributed by atoms with E-state index in [0.29, 0.717) is 12.0 Å². The van der Waals surface area contributed by atoms with Crippen molar-refractivity contribution in [2.75, 3.05) is 6.54 Å². The number of hydrogen-bond acceptors (Lipinski definition) is 2. The summed E-state index contributed by atoms with van der Waals surface area (Å²) in [7, 11) is 0. The number of ether oxygens (including phenoxy) is 1. The Morgan fingerprint density at radius 1 is 1.05 bits per heavy atom. The monoisotopic (exact) mass is 315 g/mol. The van der Waals surface area contributed by atoms with Gasteiger partial charge in [-0.3, -0.25) is 0 Å². The molecule has 2 N–H and O–H groups in total. The van der Waals surface area contributed by atoms with Crippen LogP contribution in [-0.2, 0) is 12.6 Å². The molecule has 0 fully saturated rings. The van der Waals surface area contributed by atoms with Crippen molar-refractivity contribution in [3.63, 3.8) is 0 Å². The number of rotatable bonds is 4. The topological polar surface area (TPSA) is 35.2 Å². The normalized spacial score (nSPS) is 11.5. The Kier molecular flexibility index (Phi) is 4.75. The van der Waals surface area contributed by atoms with Crippen molar-refractivity contribution < 1.29 is 17.9 Å². The molecule has 0 spiro atoms. The summed E-state index contributed by atoms with van der Waals surface area (Å²) in [5, 5.41) is 0.247. The lowest BCUT2D eigenvalue weighted by Gasteiger charge is -2.15. The maximum absolute atomic E-state index is 13.1. The second-order valence-corrected chi connectivity index (χ2v) is 4.81. The van der Waals surface area contributed by atoms with Crippen molar-refractivity contribution in [1.29, 1.82) is 0 Å². The molecule has 0 bridgehead atoms. The molecule has 2 aromatic carbocycles. The van der Waals surface area contributed by atoms with Crippen LogP contribution in [-0.4, -0.2) is 6.54 Å². The third kappa shape index (κ3) is 3.89. The van der Waals surface area contributed by atoms with Crippen LogP contribution in [0.2, 0.25) is 5.02 Å². The van der Waals surface area contributed by atoms with E-state index in [-0.39, 0.29) is 23.1 Å². The van der Waals surface area contributed by atoms with E-state index in [0.717, 1.165) is 6.07 Å². The van der Waals surface area contributed by atoms with E-state index >= 15 is 0 Å². The maximum Gasteiger partial charge on any atom is 0.419 e. The van der Waals surface area contributed by atoms with Gasteiger partial charge in [0.25, 0.3) is 0 Å². The zero-order valence-electron chi connectivity index (χ0n) is 11.0. The lowest BCUT2D eigenvalue weighted by molar-refractivity contribution is -0.138. The van der Waals surface area contributed by atoms with Crippen LogP contribution in [0.1, 0.15) is 11.1 Å². The average Bonchev–Trinajstić information content (AvgIpc) is 2.42. The van der Waals surface area contributed by atoms with Crippen LogP contribution in [0.15, 0.2) is 42.5 Å². The fourth-order valence-electron chi connectivity index (χ4n) is 1.86. The number of alkyl halides is 3. The Morgan fingerprint density at radius 2 is 1.76 bits per heavy atom. The van der Waals surface area contributed by atoms with Gasteiger partial charge in [0, 0.05) is 0 Å². The molecule has 0 radical (unpaired) electrons. The molecule has 0 amide bonds. The van der Waals surface area contributed by atoms with Crippen molar-refractivity contribution in [3.05, 3.63) is 58.6 Å². The molecule has 6 heteroatoms. The van der Waals surface area contributed by atoms with Crippen molar-refractivity contribution >= 4 is 11.6 Å². The molecule has 2 nitrogen and oxygen atoms in total. The largest absolute Gasteiger partial charge is 0.455 e. The van der Waals surface area contributed by atoms with Crippen molar-refractivity contribution in [2.24, 2.45) is 5.73 Å².